The van der Waals surface area contributed by atoms with Crippen LogP contribution < -0.4 is 5.32 Å². The van der Waals surface area contributed by atoms with Gasteiger partial charge in [0.05, 0.1) is 29.2 Å². The second-order valence-electron chi connectivity index (χ2n) is 6.21. The number of nitrogens with one attached hydrogen (secondary N) is 1. The molecule has 126 valence electrons. The molecule has 1 fully saturated rings. The van der Waals surface area contributed by atoms with E-state index in [2.05, 4.69) is 10.3 Å². The van der Waals surface area contributed by atoms with Gasteiger partial charge in [-0.2, -0.15) is 0 Å². The molecule has 0 atom stereocenters. The summed E-state index contributed by atoms with van der Waals surface area (Å²) in [5.41, 5.74) is 1.57. The molecule has 0 saturated carbocycles. The van der Waals surface area contributed by atoms with Gasteiger partial charge in [-0.05, 0) is 18.4 Å². The average Bonchev–Trinajstić information content (AvgIpc) is 3.05. The van der Waals surface area contributed by atoms with Crippen LogP contribution in [-0.2, 0) is 32.7 Å². The number of anilines is 1. The number of benzene rings is 1. The molecule has 0 unspecified atom stereocenters. The van der Waals surface area contributed by atoms with E-state index in [0.29, 0.717) is 44.4 Å². The van der Waals surface area contributed by atoms with Gasteiger partial charge >= 0.3 is 0 Å². The number of hydrogen-bond donors (Lipinski definition) is 1. The van der Waals surface area contributed by atoms with Crippen LogP contribution in [0, 0.1) is 0 Å². The summed E-state index contributed by atoms with van der Waals surface area (Å²) >= 11 is 1.52. The van der Waals surface area contributed by atoms with E-state index < -0.39 is 5.41 Å². The number of hydrogen-bond acceptors (Lipinski definition) is 5. The first kappa shape index (κ1) is 15.7. The van der Waals surface area contributed by atoms with Crippen LogP contribution in [0.1, 0.15) is 29.0 Å². The molecule has 1 aromatic heterocycles. The Morgan fingerprint density at radius 1 is 1.12 bits per heavy atom. The summed E-state index contributed by atoms with van der Waals surface area (Å²) in [6.45, 7) is 2.50. The fourth-order valence-electron chi connectivity index (χ4n) is 3.42. The van der Waals surface area contributed by atoms with E-state index in [4.69, 9.17) is 9.47 Å². The lowest BCUT2D eigenvalue weighted by Gasteiger charge is -2.35. The standard InChI is InChI=1S/C18H20N2O3S/c21-16(20-17-19-14-6-9-23-12-15(14)24-17)18(7-10-22-11-8-18)13-4-2-1-3-5-13/h1-5H,6-12H2,(H,19,20,21). The molecule has 2 aliphatic rings. The van der Waals surface area contributed by atoms with E-state index in [1.54, 1.807) is 0 Å². The minimum absolute atomic E-state index is 0.0176. The number of amides is 1. The third-order valence-corrected chi connectivity index (χ3v) is 5.81. The molecule has 0 aliphatic carbocycles. The van der Waals surface area contributed by atoms with Crippen LogP contribution in [0.3, 0.4) is 0 Å². The molecule has 5 nitrogen and oxygen atoms in total. The molecule has 1 aromatic carbocycles. The average molecular weight is 344 g/mol. The minimum Gasteiger partial charge on any atom is -0.381 e. The Bertz CT molecular complexity index is 700. The lowest BCUT2D eigenvalue weighted by atomic mass is 9.73. The molecule has 1 saturated heterocycles. The second-order valence-corrected chi connectivity index (χ2v) is 7.29. The molecule has 2 aliphatic heterocycles. The van der Waals surface area contributed by atoms with Crippen LogP contribution in [0.2, 0.25) is 0 Å². The highest BCUT2D eigenvalue weighted by Crippen LogP contribution is 2.37. The van der Waals surface area contributed by atoms with Crippen molar-refractivity contribution < 1.29 is 14.3 Å². The largest absolute Gasteiger partial charge is 0.381 e. The Labute approximate surface area is 145 Å². The maximum Gasteiger partial charge on any atom is 0.236 e. The molecule has 24 heavy (non-hydrogen) atoms. The summed E-state index contributed by atoms with van der Waals surface area (Å²) in [5.74, 6) is 0.0176. The van der Waals surface area contributed by atoms with E-state index >= 15 is 0 Å². The van der Waals surface area contributed by atoms with Crippen molar-refractivity contribution in [2.75, 3.05) is 25.1 Å². The number of ether oxygens (including phenoxy) is 2. The van der Waals surface area contributed by atoms with Crippen molar-refractivity contribution in [1.82, 2.24) is 4.98 Å². The van der Waals surface area contributed by atoms with Crippen molar-refractivity contribution in [3.05, 3.63) is 46.5 Å². The van der Waals surface area contributed by atoms with Crippen molar-refractivity contribution in [3.8, 4) is 0 Å². The Hall–Kier alpha value is -1.76. The van der Waals surface area contributed by atoms with E-state index in [1.807, 2.05) is 30.3 Å². The van der Waals surface area contributed by atoms with Crippen LogP contribution in [-0.4, -0.2) is 30.7 Å². The van der Waals surface area contributed by atoms with Gasteiger partial charge in [-0.1, -0.05) is 41.7 Å². The first-order chi connectivity index (χ1) is 11.8. The fourth-order valence-corrected chi connectivity index (χ4v) is 4.36. The Kier molecular flexibility index (Phi) is 4.35. The highest BCUT2D eigenvalue weighted by molar-refractivity contribution is 7.15. The Morgan fingerprint density at radius 3 is 2.67 bits per heavy atom. The summed E-state index contributed by atoms with van der Waals surface area (Å²) in [6, 6.07) is 10.0. The predicted molar refractivity (Wildman–Crippen MR) is 92.3 cm³/mol. The molecule has 1 N–H and O–H groups in total. The van der Waals surface area contributed by atoms with Crippen molar-refractivity contribution in [3.63, 3.8) is 0 Å². The van der Waals surface area contributed by atoms with Gasteiger partial charge in [-0.3, -0.25) is 4.79 Å². The molecule has 3 heterocycles. The van der Waals surface area contributed by atoms with Gasteiger partial charge in [0.15, 0.2) is 5.13 Å². The number of thiazole rings is 1. The first-order valence-corrected chi connectivity index (χ1v) is 9.11. The van der Waals surface area contributed by atoms with Gasteiger partial charge < -0.3 is 14.8 Å². The topological polar surface area (TPSA) is 60.5 Å². The highest BCUT2D eigenvalue weighted by atomic mass is 32.1. The zero-order valence-electron chi connectivity index (χ0n) is 13.4. The number of rotatable bonds is 3. The second kappa shape index (κ2) is 6.63. The maximum atomic E-state index is 13.2. The van der Waals surface area contributed by atoms with Crippen molar-refractivity contribution in [2.24, 2.45) is 0 Å². The number of fused-ring (bicyclic) bond motifs is 1. The zero-order valence-corrected chi connectivity index (χ0v) is 14.2. The van der Waals surface area contributed by atoms with E-state index in [-0.39, 0.29) is 5.91 Å². The third kappa shape index (κ3) is 2.85. The number of aromatic nitrogens is 1. The van der Waals surface area contributed by atoms with Crippen molar-refractivity contribution in [1.29, 1.82) is 0 Å². The monoisotopic (exact) mass is 344 g/mol. The molecule has 4 rings (SSSR count). The van der Waals surface area contributed by atoms with Crippen LogP contribution in [0.15, 0.2) is 30.3 Å². The van der Waals surface area contributed by atoms with Gasteiger partial charge in [-0.25, -0.2) is 4.98 Å². The summed E-state index contributed by atoms with van der Waals surface area (Å²) in [6.07, 6.45) is 2.20. The van der Waals surface area contributed by atoms with Crippen LogP contribution in [0.5, 0.6) is 0 Å². The minimum atomic E-state index is -0.539. The fraction of sp³-hybridized carbons (Fsp3) is 0.444. The molecule has 0 radical (unpaired) electrons. The molecule has 0 spiro atoms. The van der Waals surface area contributed by atoms with Crippen LogP contribution in [0.25, 0.3) is 0 Å². The molecule has 2 aromatic rings. The van der Waals surface area contributed by atoms with Gasteiger partial charge in [0.25, 0.3) is 0 Å². The van der Waals surface area contributed by atoms with Gasteiger partial charge in [-0.15, -0.1) is 0 Å². The van der Waals surface area contributed by atoms with Gasteiger partial charge in [0.1, 0.15) is 0 Å². The van der Waals surface area contributed by atoms with Gasteiger partial charge in [0.2, 0.25) is 5.91 Å². The van der Waals surface area contributed by atoms with E-state index in [9.17, 15) is 4.79 Å². The molecule has 6 heteroatoms. The lowest BCUT2D eigenvalue weighted by molar-refractivity contribution is -0.125. The maximum absolute atomic E-state index is 13.2. The third-order valence-electron chi connectivity index (χ3n) is 4.82. The Morgan fingerprint density at radius 2 is 1.92 bits per heavy atom. The quantitative estimate of drug-likeness (QED) is 0.930. The van der Waals surface area contributed by atoms with Crippen molar-refractivity contribution >= 4 is 22.4 Å². The normalized spacial score (nSPS) is 19.5. The van der Waals surface area contributed by atoms with Crippen LogP contribution in [0.4, 0.5) is 5.13 Å². The number of carbonyl (C=O) groups is 1. The Balaban J connectivity index is 1.61. The summed E-state index contributed by atoms with van der Waals surface area (Å²) < 4.78 is 11.0. The zero-order chi connectivity index (χ0) is 16.4. The number of carbonyl (C=O) groups excluding carboxylic acids is 1. The van der Waals surface area contributed by atoms with Crippen molar-refractivity contribution in [2.45, 2.75) is 31.3 Å². The summed E-state index contributed by atoms with van der Waals surface area (Å²) in [4.78, 5) is 18.9. The van der Waals surface area contributed by atoms with Crippen LogP contribution >= 0.6 is 11.3 Å². The van der Waals surface area contributed by atoms with E-state index in [1.165, 1.54) is 11.3 Å². The number of nitrogens with zero attached hydrogens (tertiary/aromatic N) is 1. The molecular weight excluding hydrogens is 324 g/mol. The molecule has 0 bridgehead atoms. The van der Waals surface area contributed by atoms with Gasteiger partial charge in [0, 0.05) is 19.6 Å². The molecular formula is C18H20N2O3S. The van der Waals surface area contributed by atoms with E-state index in [0.717, 1.165) is 22.6 Å². The first-order valence-electron chi connectivity index (χ1n) is 8.29. The summed E-state index contributed by atoms with van der Waals surface area (Å²) in [5, 5.41) is 3.74. The SMILES string of the molecule is O=C(Nc1nc2c(s1)COCC2)C1(c2ccccc2)CCOCC1. The summed E-state index contributed by atoms with van der Waals surface area (Å²) in [7, 11) is 0. The highest BCUT2D eigenvalue weighted by Gasteiger charge is 2.42. The lowest BCUT2D eigenvalue weighted by Crippen LogP contribution is -2.44. The smallest absolute Gasteiger partial charge is 0.236 e. The molecule has 1 amide bonds. The predicted octanol–water partition coefficient (Wildman–Crippen LogP) is 2.90.